The van der Waals surface area contributed by atoms with Gasteiger partial charge in [0.25, 0.3) is 5.78 Å². The second kappa shape index (κ2) is 3.84. The summed E-state index contributed by atoms with van der Waals surface area (Å²) in [7, 11) is 0. The molecule has 0 rings (SSSR count). The normalized spacial score (nSPS) is 11.7. The average Bonchev–Trinajstić information content (AvgIpc) is 1.84. The second-order valence-electron chi connectivity index (χ2n) is 1.79. The van der Waals surface area contributed by atoms with Crippen LogP contribution in [0, 0.1) is 0 Å². The standard InChI is InChI=1S/C5H5F3N2O2/c1-3(11)10-9-2-4(12)5(6,7)8/h2H,1H3,(H,10,11). The minimum Gasteiger partial charge on any atom is -0.283 e. The summed E-state index contributed by atoms with van der Waals surface area (Å²) in [6.45, 7) is 1.05. The highest BCUT2D eigenvalue weighted by molar-refractivity contribution is 6.30. The van der Waals surface area contributed by atoms with Crippen LogP contribution in [0.1, 0.15) is 6.92 Å². The molecule has 0 fully saturated rings. The number of carbonyl (C=O) groups excluding carboxylic acids is 2. The maximum absolute atomic E-state index is 11.4. The fourth-order valence-corrected chi connectivity index (χ4v) is 0.255. The summed E-state index contributed by atoms with van der Waals surface area (Å²) < 4.78 is 34.3. The van der Waals surface area contributed by atoms with E-state index in [-0.39, 0.29) is 6.21 Å². The third-order valence-electron chi connectivity index (χ3n) is 0.683. The average molecular weight is 182 g/mol. The molecule has 0 aliphatic heterocycles. The SMILES string of the molecule is CC(=O)NN=CC(=O)C(F)(F)F. The number of Topliss-reactive ketones (excluding diaryl/α,β-unsaturated/α-hetero) is 1. The lowest BCUT2D eigenvalue weighted by Gasteiger charge is -1.98. The molecule has 0 heterocycles. The van der Waals surface area contributed by atoms with Gasteiger partial charge in [-0.1, -0.05) is 0 Å². The fourth-order valence-electron chi connectivity index (χ4n) is 0.255. The Bertz CT molecular complexity index is 221. The number of amides is 1. The molecule has 0 aliphatic rings. The van der Waals surface area contributed by atoms with Crippen LogP contribution >= 0.6 is 0 Å². The molecule has 0 bridgehead atoms. The zero-order valence-electron chi connectivity index (χ0n) is 5.97. The number of hydrogen-bond acceptors (Lipinski definition) is 3. The van der Waals surface area contributed by atoms with E-state index in [4.69, 9.17) is 0 Å². The van der Waals surface area contributed by atoms with Crippen molar-refractivity contribution in [3.05, 3.63) is 0 Å². The quantitative estimate of drug-likeness (QED) is 0.491. The van der Waals surface area contributed by atoms with Crippen LogP contribution in [0.15, 0.2) is 5.10 Å². The first-order valence-electron chi connectivity index (χ1n) is 2.75. The Morgan fingerprint density at radius 2 is 1.92 bits per heavy atom. The molecule has 0 saturated carbocycles. The second-order valence-corrected chi connectivity index (χ2v) is 1.79. The van der Waals surface area contributed by atoms with E-state index in [1.165, 1.54) is 0 Å². The molecule has 1 amide bonds. The topological polar surface area (TPSA) is 58.5 Å². The van der Waals surface area contributed by atoms with Gasteiger partial charge in [-0.2, -0.15) is 18.3 Å². The summed E-state index contributed by atoms with van der Waals surface area (Å²) in [6, 6.07) is 0. The maximum Gasteiger partial charge on any atom is 0.455 e. The predicted octanol–water partition coefficient (Wildman–Crippen LogP) is 0.240. The van der Waals surface area contributed by atoms with Crippen molar-refractivity contribution in [1.82, 2.24) is 5.43 Å². The first-order valence-corrected chi connectivity index (χ1v) is 2.75. The Morgan fingerprint density at radius 3 is 2.25 bits per heavy atom. The zero-order chi connectivity index (χ0) is 9.78. The number of nitrogens with one attached hydrogen (secondary N) is 1. The molecule has 7 heteroatoms. The molecule has 0 radical (unpaired) electrons. The summed E-state index contributed by atoms with van der Waals surface area (Å²) in [6.07, 6.45) is -4.94. The number of ketones is 1. The van der Waals surface area contributed by atoms with Gasteiger partial charge in [-0.15, -0.1) is 0 Å². The van der Waals surface area contributed by atoms with Crippen molar-refractivity contribution < 1.29 is 22.8 Å². The van der Waals surface area contributed by atoms with Crippen LogP contribution < -0.4 is 5.43 Å². The largest absolute Gasteiger partial charge is 0.455 e. The molecule has 0 saturated heterocycles. The van der Waals surface area contributed by atoms with Gasteiger partial charge in [0.1, 0.15) is 0 Å². The van der Waals surface area contributed by atoms with Gasteiger partial charge in [-0.3, -0.25) is 9.59 Å². The monoisotopic (exact) mass is 182 g/mol. The minimum atomic E-state index is -4.94. The molecule has 0 aromatic heterocycles. The highest BCUT2D eigenvalue weighted by Crippen LogP contribution is 2.14. The third kappa shape index (κ3) is 4.42. The van der Waals surface area contributed by atoms with Crippen molar-refractivity contribution in [3.63, 3.8) is 0 Å². The van der Waals surface area contributed by atoms with Crippen molar-refractivity contribution in [2.24, 2.45) is 5.10 Å². The molecule has 0 aromatic rings. The van der Waals surface area contributed by atoms with Gasteiger partial charge in [0.15, 0.2) is 0 Å². The minimum absolute atomic E-state index is 0.00139. The van der Waals surface area contributed by atoms with Gasteiger partial charge in [0, 0.05) is 6.92 Å². The van der Waals surface area contributed by atoms with Crippen molar-refractivity contribution in [3.8, 4) is 0 Å². The van der Waals surface area contributed by atoms with Gasteiger partial charge < -0.3 is 0 Å². The van der Waals surface area contributed by atoms with Crippen LogP contribution in [0.25, 0.3) is 0 Å². The summed E-state index contributed by atoms with van der Waals surface area (Å²) >= 11 is 0. The van der Waals surface area contributed by atoms with Crippen molar-refractivity contribution in [2.75, 3.05) is 0 Å². The highest BCUT2D eigenvalue weighted by Gasteiger charge is 2.36. The number of hydrazone groups is 1. The summed E-state index contributed by atoms with van der Waals surface area (Å²) in [5.41, 5.74) is 1.66. The Labute approximate surface area is 65.4 Å². The van der Waals surface area contributed by atoms with E-state index in [2.05, 4.69) is 5.10 Å². The zero-order valence-corrected chi connectivity index (χ0v) is 5.97. The van der Waals surface area contributed by atoms with E-state index < -0.39 is 17.9 Å². The number of carbonyl (C=O) groups is 2. The molecular weight excluding hydrogens is 177 g/mol. The Hall–Kier alpha value is -1.40. The van der Waals surface area contributed by atoms with Gasteiger partial charge in [0.05, 0.1) is 6.21 Å². The van der Waals surface area contributed by atoms with Crippen LogP contribution in [0.2, 0.25) is 0 Å². The van der Waals surface area contributed by atoms with Crippen molar-refractivity contribution >= 4 is 17.9 Å². The summed E-state index contributed by atoms with van der Waals surface area (Å²) in [5.74, 6) is -2.77. The Balaban J connectivity index is 4.02. The molecule has 12 heavy (non-hydrogen) atoms. The molecule has 0 spiro atoms. The molecule has 0 aromatic carbocycles. The van der Waals surface area contributed by atoms with E-state index in [0.29, 0.717) is 0 Å². The first kappa shape index (κ1) is 10.6. The third-order valence-corrected chi connectivity index (χ3v) is 0.683. The molecule has 0 atom stereocenters. The summed E-state index contributed by atoms with van der Waals surface area (Å²) in [5, 5.41) is 2.74. The fraction of sp³-hybridized carbons (Fsp3) is 0.400. The highest BCUT2D eigenvalue weighted by atomic mass is 19.4. The van der Waals surface area contributed by atoms with Gasteiger partial charge in [-0.05, 0) is 0 Å². The molecule has 68 valence electrons. The molecule has 0 aliphatic carbocycles. The Morgan fingerprint density at radius 1 is 1.42 bits per heavy atom. The molecule has 0 unspecified atom stereocenters. The lowest BCUT2D eigenvalue weighted by Crippen LogP contribution is -2.25. The number of halogens is 3. The van der Waals surface area contributed by atoms with Crippen LogP contribution in [0.4, 0.5) is 13.2 Å². The van der Waals surface area contributed by atoms with Crippen molar-refractivity contribution in [2.45, 2.75) is 13.1 Å². The lowest BCUT2D eigenvalue weighted by atomic mass is 10.4. The van der Waals surface area contributed by atoms with E-state index in [1.54, 1.807) is 5.43 Å². The number of hydrogen-bond donors (Lipinski definition) is 1. The first-order chi connectivity index (χ1) is 5.34. The van der Waals surface area contributed by atoms with Crippen LogP contribution in [-0.2, 0) is 9.59 Å². The van der Waals surface area contributed by atoms with E-state index in [1.807, 2.05) is 0 Å². The van der Waals surface area contributed by atoms with Gasteiger partial charge in [0.2, 0.25) is 5.91 Å². The predicted molar refractivity (Wildman–Crippen MR) is 33.4 cm³/mol. The van der Waals surface area contributed by atoms with Crippen LogP contribution in [0.5, 0.6) is 0 Å². The number of alkyl halides is 3. The van der Waals surface area contributed by atoms with Crippen molar-refractivity contribution in [1.29, 1.82) is 0 Å². The molecule has 4 nitrogen and oxygen atoms in total. The van der Waals surface area contributed by atoms with E-state index >= 15 is 0 Å². The van der Waals surface area contributed by atoms with Crippen LogP contribution in [0.3, 0.4) is 0 Å². The number of nitrogens with zero attached hydrogens (tertiary/aromatic N) is 1. The maximum atomic E-state index is 11.4. The molecular formula is C5H5F3N2O2. The van der Waals surface area contributed by atoms with Crippen LogP contribution in [-0.4, -0.2) is 24.1 Å². The van der Waals surface area contributed by atoms with Gasteiger partial charge in [-0.25, -0.2) is 5.43 Å². The lowest BCUT2D eigenvalue weighted by molar-refractivity contribution is -0.162. The summed E-state index contributed by atoms with van der Waals surface area (Å²) in [4.78, 5) is 20.1. The molecule has 1 N–H and O–H groups in total. The van der Waals surface area contributed by atoms with E-state index in [0.717, 1.165) is 6.92 Å². The number of rotatable bonds is 2. The van der Waals surface area contributed by atoms with E-state index in [9.17, 15) is 22.8 Å². The Kier molecular flexibility index (Phi) is 3.39. The smallest absolute Gasteiger partial charge is 0.283 e. The van der Waals surface area contributed by atoms with Gasteiger partial charge >= 0.3 is 6.18 Å².